The Balaban J connectivity index is 2.37. The van der Waals surface area contributed by atoms with Gasteiger partial charge in [-0.1, -0.05) is 18.2 Å². The van der Waals surface area contributed by atoms with E-state index < -0.39 is 10.0 Å². The number of carbonyl (C=O) groups excluding carboxylic acids is 1. The lowest BCUT2D eigenvalue weighted by Gasteiger charge is -2.14. The summed E-state index contributed by atoms with van der Waals surface area (Å²) in [5.74, 6) is -0.197. The molecule has 0 aliphatic carbocycles. The van der Waals surface area contributed by atoms with Crippen LogP contribution in [0.15, 0.2) is 41.3 Å². The number of amides is 1. The summed E-state index contributed by atoms with van der Waals surface area (Å²) >= 11 is 0. The van der Waals surface area contributed by atoms with Crippen molar-refractivity contribution in [3.63, 3.8) is 0 Å². The Morgan fingerprint density at radius 2 is 1.57 bits per heavy atom. The van der Waals surface area contributed by atoms with Crippen molar-refractivity contribution in [1.29, 1.82) is 0 Å². The highest BCUT2D eigenvalue weighted by molar-refractivity contribution is 7.92. The van der Waals surface area contributed by atoms with Crippen LogP contribution in [0.3, 0.4) is 0 Å². The van der Waals surface area contributed by atoms with Crippen molar-refractivity contribution in [1.82, 2.24) is 0 Å². The van der Waals surface area contributed by atoms with Gasteiger partial charge in [0.2, 0.25) is 5.91 Å². The Morgan fingerprint density at radius 1 is 0.957 bits per heavy atom. The summed E-state index contributed by atoms with van der Waals surface area (Å²) in [6.07, 6.45) is 0. The fourth-order valence-corrected chi connectivity index (χ4v) is 3.59. The molecule has 0 aliphatic heterocycles. The molecule has 0 heterocycles. The Bertz CT molecular complexity index is 838. The van der Waals surface area contributed by atoms with E-state index in [-0.39, 0.29) is 10.8 Å². The summed E-state index contributed by atoms with van der Waals surface area (Å²) in [6.45, 7) is 6.88. The predicted molar refractivity (Wildman–Crippen MR) is 92.2 cm³/mol. The number of benzene rings is 2. The van der Waals surface area contributed by atoms with Crippen LogP contribution >= 0.6 is 0 Å². The van der Waals surface area contributed by atoms with E-state index in [1.807, 2.05) is 32.0 Å². The van der Waals surface area contributed by atoms with E-state index in [1.165, 1.54) is 13.0 Å². The third kappa shape index (κ3) is 3.90. The van der Waals surface area contributed by atoms with Crippen molar-refractivity contribution in [3.05, 3.63) is 53.1 Å². The maximum atomic E-state index is 12.6. The van der Waals surface area contributed by atoms with Gasteiger partial charge in [0.25, 0.3) is 10.0 Å². The monoisotopic (exact) mass is 332 g/mol. The van der Waals surface area contributed by atoms with Crippen LogP contribution in [-0.2, 0) is 14.8 Å². The molecule has 0 saturated carbocycles. The predicted octanol–water partition coefficient (Wildman–Crippen LogP) is 3.37. The number of anilines is 2. The van der Waals surface area contributed by atoms with Crippen molar-refractivity contribution in [3.8, 4) is 0 Å². The summed E-state index contributed by atoms with van der Waals surface area (Å²) in [7, 11) is -3.69. The minimum absolute atomic E-state index is 0.159. The second kappa shape index (κ2) is 6.42. The van der Waals surface area contributed by atoms with Gasteiger partial charge < -0.3 is 5.32 Å². The molecule has 122 valence electrons. The average molecular weight is 332 g/mol. The van der Waals surface area contributed by atoms with E-state index >= 15 is 0 Å². The van der Waals surface area contributed by atoms with Crippen LogP contribution in [0.25, 0.3) is 0 Å². The van der Waals surface area contributed by atoms with Crippen LogP contribution in [0.1, 0.15) is 23.6 Å². The zero-order chi connectivity index (χ0) is 17.2. The fourth-order valence-electron chi connectivity index (χ4n) is 2.30. The molecule has 1 amide bonds. The molecular formula is C17H20N2O3S. The molecule has 0 aliphatic rings. The van der Waals surface area contributed by atoms with Crippen molar-refractivity contribution in [2.45, 2.75) is 32.6 Å². The van der Waals surface area contributed by atoms with Gasteiger partial charge in [-0.05, 0) is 55.7 Å². The van der Waals surface area contributed by atoms with Crippen LogP contribution in [0.4, 0.5) is 11.4 Å². The van der Waals surface area contributed by atoms with Gasteiger partial charge in [-0.3, -0.25) is 9.52 Å². The van der Waals surface area contributed by atoms with Crippen molar-refractivity contribution < 1.29 is 13.2 Å². The van der Waals surface area contributed by atoms with Crippen LogP contribution < -0.4 is 10.0 Å². The molecule has 6 heteroatoms. The van der Waals surface area contributed by atoms with Crippen molar-refractivity contribution >= 4 is 27.3 Å². The lowest BCUT2D eigenvalue weighted by atomic mass is 10.1. The smallest absolute Gasteiger partial charge is 0.261 e. The van der Waals surface area contributed by atoms with E-state index in [1.54, 1.807) is 19.1 Å². The van der Waals surface area contributed by atoms with E-state index in [2.05, 4.69) is 10.0 Å². The Labute approximate surface area is 136 Å². The topological polar surface area (TPSA) is 75.3 Å². The van der Waals surface area contributed by atoms with Crippen LogP contribution in [0, 0.1) is 20.8 Å². The van der Waals surface area contributed by atoms with E-state index in [4.69, 9.17) is 0 Å². The van der Waals surface area contributed by atoms with Crippen molar-refractivity contribution in [2.24, 2.45) is 0 Å². The van der Waals surface area contributed by atoms with Gasteiger partial charge in [-0.25, -0.2) is 8.42 Å². The molecule has 0 atom stereocenters. The summed E-state index contributed by atoms with van der Waals surface area (Å²) < 4.78 is 27.8. The zero-order valence-corrected chi connectivity index (χ0v) is 14.4. The van der Waals surface area contributed by atoms with Crippen molar-refractivity contribution in [2.75, 3.05) is 10.0 Å². The molecule has 0 unspecified atom stereocenters. The third-order valence-corrected chi connectivity index (χ3v) is 4.88. The first-order chi connectivity index (χ1) is 10.7. The van der Waals surface area contributed by atoms with Gasteiger partial charge in [-0.2, -0.15) is 0 Å². The van der Waals surface area contributed by atoms with Gasteiger partial charge in [0.1, 0.15) is 0 Å². The number of sulfonamides is 1. The number of nitrogens with one attached hydrogen (secondary N) is 2. The van der Waals surface area contributed by atoms with Crippen LogP contribution in [-0.4, -0.2) is 14.3 Å². The molecule has 0 spiro atoms. The molecule has 2 aromatic carbocycles. The highest BCUT2D eigenvalue weighted by Gasteiger charge is 2.17. The molecule has 0 saturated heterocycles. The van der Waals surface area contributed by atoms with Gasteiger partial charge in [0.05, 0.1) is 10.6 Å². The average Bonchev–Trinajstić information content (AvgIpc) is 2.45. The maximum Gasteiger partial charge on any atom is 0.261 e. The molecule has 0 radical (unpaired) electrons. The summed E-state index contributed by atoms with van der Waals surface area (Å²) in [5, 5.41) is 2.67. The number of rotatable bonds is 4. The molecule has 0 aromatic heterocycles. The number of para-hydroxylation sites is 1. The molecule has 2 rings (SSSR count). The SMILES string of the molecule is CC(=O)Nc1ccc(S(=O)(=O)Nc2c(C)cccc2C)cc1C. The van der Waals surface area contributed by atoms with E-state index in [0.717, 1.165) is 11.1 Å². The van der Waals surface area contributed by atoms with Crippen LogP contribution in [0.2, 0.25) is 0 Å². The van der Waals surface area contributed by atoms with Crippen LogP contribution in [0.5, 0.6) is 0 Å². The third-order valence-electron chi connectivity index (χ3n) is 3.54. The highest BCUT2D eigenvalue weighted by Crippen LogP contribution is 2.25. The minimum atomic E-state index is -3.69. The molecule has 23 heavy (non-hydrogen) atoms. The maximum absolute atomic E-state index is 12.6. The Morgan fingerprint density at radius 3 is 2.09 bits per heavy atom. The summed E-state index contributed by atoms with van der Waals surface area (Å²) in [5.41, 5.74) is 3.60. The summed E-state index contributed by atoms with van der Waals surface area (Å²) in [6, 6.07) is 10.2. The quantitative estimate of drug-likeness (QED) is 0.901. The lowest BCUT2D eigenvalue weighted by molar-refractivity contribution is -0.114. The zero-order valence-electron chi connectivity index (χ0n) is 13.6. The Hall–Kier alpha value is -2.34. The first kappa shape index (κ1) is 17.0. The van der Waals surface area contributed by atoms with Gasteiger partial charge in [0.15, 0.2) is 0 Å². The second-order valence-corrected chi connectivity index (χ2v) is 7.21. The summed E-state index contributed by atoms with van der Waals surface area (Å²) in [4.78, 5) is 11.3. The first-order valence-corrected chi connectivity index (χ1v) is 8.66. The lowest BCUT2D eigenvalue weighted by Crippen LogP contribution is -2.15. The number of aryl methyl sites for hydroxylation is 3. The molecule has 5 nitrogen and oxygen atoms in total. The van der Waals surface area contributed by atoms with Gasteiger partial charge in [-0.15, -0.1) is 0 Å². The molecule has 2 N–H and O–H groups in total. The number of hydrogen-bond donors (Lipinski definition) is 2. The van der Waals surface area contributed by atoms with Gasteiger partial charge >= 0.3 is 0 Å². The molecule has 2 aromatic rings. The molecule has 0 bridgehead atoms. The minimum Gasteiger partial charge on any atom is -0.326 e. The normalized spacial score (nSPS) is 11.1. The number of carbonyl (C=O) groups is 1. The van der Waals surface area contributed by atoms with E-state index in [9.17, 15) is 13.2 Å². The second-order valence-electron chi connectivity index (χ2n) is 5.53. The van der Waals surface area contributed by atoms with Gasteiger partial charge in [0, 0.05) is 12.6 Å². The fraction of sp³-hybridized carbons (Fsp3) is 0.235. The largest absolute Gasteiger partial charge is 0.326 e. The highest BCUT2D eigenvalue weighted by atomic mass is 32.2. The number of hydrogen-bond acceptors (Lipinski definition) is 3. The standard InChI is InChI=1S/C17H20N2O3S/c1-11-6-5-7-12(2)17(11)19-23(21,22)15-8-9-16(13(3)10-15)18-14(4)20/h5-10,19H,1-4H3,(H,18,20). The van der Waals surface area contributed by atoms with E-state index in [0.29, 0.717) is 16.9 Å². The molecular weight excluding hydrogens is 312 g/mol. The first-order valence-electron chi connectivity index (χ1n) is 7.18. The molecule has 0 fully saturated rings. The Kier molecular flexibility index (Phi) is 4.75.